The van der Waals surface area contributed by atoms with Crippen LogP contribution in [0.5, 0.6) is 0 Å². The highest BCUT2D eigenvalue weighted by molar-refractivity contribution is 5.71. The maximum atomic E-state index is 13.0. The molecule has 83 heavy (non-hydrogen) atoms. The molecule has 0 heterocycles. The summed E-state index contributed by atoms with van der Waals surface area (Å²) >= 11 is 0. The summed E-state index contributed by atoms with van der Waals surface area (Å²) in [6, 6.07) is 0. The Kier molecular flexibility index (Phi) is 70.5. The molecule has 490 valence electrons. The van der Waals surface area contributed by atoms with Crippen LogP contribution in [0, 0.1) is 0 Å². The van der Waals surface area contributed by atoms with Crippen molar-refractivity contribution in [2.45, 2.75) is 438 Å². The lowest BCUT2D eigenvalue weighted by Crippen LogP contribution is -2.30. The fourth-order valence-corrected chi connectivity index (χ4v) is 11.8. The van der Waals surface area contributed by atoms with Gasteiger partial charge in [-0.2, -0.15) is 0 Å². The molecular formula is C77H146O6. The molecule has 0 rings (SSSR count). The Labute approximate surface area is 519 Å². The monoisotopic (exact) mass is 1170 g/mol. The Hall–Kier alpha value is -2.11. The van der Waals surface area contributed by atoms with Gasteiger partial charge in [-0.15, -0.1) is 0 Å². The molecule has 0 spiro atoms. The van der Waals surface area contributed by atoms with E-state index < -0.39 is 6.10 Å². The number of hydrogen-bond acceptors (Lipinski definition) is 6. The number of unbranched alkanes of at least 4 members (excludes halogenated alkanes) is 56. The van der Waals surface area contributed by atoms with Crippen LogP contribution in [0.4, 0.5) is 0 Å². The Morgan fingerprint density at radius 1 is 0.241 bits per heavy atom. The molecule has 0 aliphatic rings. The van der Waals surface area contributed by atoms with Crippen LogP contribution in [0.15, 0.2) is 24.3 Å². The van der Waals surface area contributed by atoms with Crippen LogP contribution < -0.4 is 0 Å². The Balaban J connectivity index is 4.24. The highest BCUT2D eigenvalue weighted by atomic mass is 16.6. The van der Waals surface area contributed by atoms with Gasteiger partial charge in [-0.1, -0.05) is 385 Å². The number of carbonyl (C=O) groups excluding carboxylic acids is 3. The summed E-state index contributed by atoms with van der Waals surface area (Å²) in [5.41, 5.74) is 0. The normalized spacial score (nSPS) is 12.1. The first-order chi connectivity index (χ1) is 41.0. The minimum absolute atomic E-state index is 0.0631. The zero-order valence-electron chi connectivity index (χ0n) is 56.5. The minimum Gasteiger partial charge on any atom is -0.462 e. The van der Waals surface area contributed by atoms with E-state index in [4.69, 9.17) is 14.2 Å². The summed E-state index contributed by atoms with van der Waals surface area (Å²) in [5.74, 6) is -0.823. The fourth-order valence-electron chi connectivity index (χ4n) is 11.8. The Bertz CT molecular complexity index is 1340. The van der Waals surface area contributed by atoms with Crippen molar-refractivity contribution >= 4 is 17.9 Å². The van der Waals surface area contributed by atoms with Crippen molar-refractivity contribution in [3.05, 3.63) is 24.3 Å². The first-order valence-corrected chi connectivity index (χ1v) is 37.8. The van der Waals surface area contributed by atoms with E-state index in [0.29, 0.717) is 19.3 Å². The molecule has 0 saturated carbocycles. The maximum Gasteiger partial charge on any atom is 0.306 e. The minimum atomic E-state index is -0.768. The molecule has 6 heteroatoms. The number of ether oxygens (including phenoxy) is 3. The first-order valence-electron chi connectivity index (χ1n) is 37.8. The highest BCUT2D eigenvalue weighted by Gasteiger charge is 2.20. The predicted octanol–water partition coefficient (Wildman–Crippen LogP) is 26.1. The lowest BCUT2D eigenvalue weighted by Gasteiger charge is -2.18. The molecule has 1 atom stereocenters. The van der Waals surface area contributed by atoms with Gasteiger partial charge in [0.15, 0.2) is 6.10 Å². The molecule has 0 bridgehead atoms. The summed E-state index contributed by atoms with van der Waals surface area (Å²) < 4.78 is 17.1. The number of carbonyl (C=O) groups is 3. The number of allylic oxidation sites excluding steroid dienone is 4. The van der Waals surface area contributed by atoms with Gasteiger partial charge in [-0.05, 0) is 51.4 Å². The standard InChI is InChI=1S/C77H146O6/c1-4-7-10-13-16-19-22-25-28-31-33-35-36-37-38-39-40-42-43-46-49-52-55-58-61-64-67-70-76(79)82-73-74(72-81-75(78)69-66-63-60-57-54-51-48-45-30-27-24-21-18-15-12-9-6-3)83-77(80)71-68-65-62-59-56-53-50-47-44-41-34-32-29-26-23-20-17-14-11-8-5-2/h22,25,31,33,74H,4-21,23-24,26-30,32,34-73H2,1-3H3/b25-22-,33-31-. The highest BCUT2D eigenvalue weighted by Crippen LogP contribution is 2.19. The molecule has 0 saturated heterocycles. The van der Waals surface area contributed by atoms with Gasteiger partial charge in [-0.25, -0.2) is 0 Å². The molecule has 0 aromatic carbocycles. The van der Waals surface area contributed by atoms with E-state index in [1.165, 1.54) is 327 Å². The van der Waals surface area contributed by atoms with Gasteiger partial charge in [0.1, 0.15) is 13.2 Å². The van der Waals surface area contributed by atoms with Crippen LogP contribution in [-0.2, 0) is 28.6 Å². The van der Waals surface area contributed by atoms with E-state index in [1.807, 2.05) is 0 Å². The molecule has 0 aliphatic heterocycles. The van der Waals surface area contributed by atoms with E-state index in [1.54, 1.807) is 0 Å². The van der Waals surface area contributed by atoms with E-state index >= 15 is 0 Å². The quantitative estimate of drug-likeness (QED) is 0.0261. The molecule has 0 radical (unpaired) electrons. The molecule has 0 aliphatic carbocycles. The van der Waals surface area contributed by atoms with Gasteiger partial charge in [-0.3, -0.25) is 14.4 Å². The molecule has 0 fully saturated rings. The Morgan fingerprint density at radius 3 is 0.663 bits per heavy atom. The number of rotatable bonds is 71. The van der Waals surface area contributed by atoms with Crippen molar-refractivity contribution in [2.75, 3.05) is 13.2 Å². The maximum absolute atomic E-state index is 13.0. The van der Waals surface area contributed by atoms with Crippen LogP contribution in [0.25, 0.3) is 0 Å². The molecule has 1 unspecified atom stereocenters. The fraction of sp³-hybridized carbons (Fsp3) is 0.909. The molecule has 0 amide bonds. The lowest BCUT2D eigenvalue weighted by atomic mass is 10.0. The van der Waals surface area contributed by atoms with Crippen LogP contribution in [0.1, 0.15) is 432 Å². The summed E-state index contributed by atoms with van der Waals surface area (Å²) in [7, 11) is 0. The van der Waals surface area contributed by atoms with E-state index in [0.717, 1.165) is 64.2 Å². The smallest absolute Gasteiger partial charge is 0.306 e. The third kappa shape index (κ3) is 70.5. The average molecular weight is 1170 g/mol. The van der Waals surface area contributed by atoms with E-state index in [2.05, 4.69) is 45.1 Å². The summed E-state index contributed by atoms with van der Waals surface area (Å²) in [5, 5.41) is 0. The summed E-state index contributed by atoms with van der Waals surface area (Å²) in [4.78, 5) is 38.6. The second kappa shape index (κ2) is 72.4. The van der Waals surface area contributed by atoms with Crippen molar-refractivity contribution in [3.8, 4) is 0 Å². The topological polar surface area (TPSA) is 78.9 Å². The van der Waals surface area contributed by atoms with Crippen LogP contribution in [0.2, 0.25) is 0 Å². The largest absolute Gasteiger partial charge is 0.462 e. The summed E-state index contributed by atoms with van der Waals surface area (Å²) in [6.45, 7) is 6.73. The molecule has 0 aromatic heterocycles. The second-order valence-corrected chi connectivity index (χ2v) is 25.9. The molecule has 6 nitrogen and oxygen atoms in total. The van der Waals surface area contributed by atoms with Crippen molar-refractivity contribution in [3.63, 3.8) is 0 Å². The molecule has 0 aromatic rings. The van der Waals surface area contributed by atoms with Crippen molar-refractivity contribution < 1.29 is 28.6 Å². The SMILES string of the molecule is CCCCCCC/C=C\C/C=C\CCCCCCCCCCCCCCCCCC(=O)OCC(COC(=O)CCCCCCCCCCCCCCCCCCC)OC(=O)CCCCCCCCCCCCCCCCCCCCCCC. The summed E-state index contributed by atoms with van der Waals surface area (Å²) in [6.07, 6.45) is 89.3. The Morgan fingerprint density at radius 2 is 0.434 bits per heavy atom. The van der Waals surface area contributed by atoms with Crippen LogP contribution in [-0.4, -0.2) is 37.2 Å². The number of hydrogen-bond donors (Lipinski definition) is 0. The van der Waals surface area contributed by atoms with E-state index in [-0.39, 0.29) is 31.1 Å². The van der Waals surface area contributed by atoms with Gasteiger partial charge in [0.25, 0.3) is 0 Å². The second-order valence-electron chi connectivity index (χ2n) is 25.9. The van der Waals surface area contributed by atoms with Crippen LogP contribution in [0.3, 0.4) is 0 Å². The van der Waals surface area contributed by atoms with Crippen molar-refractivity contribution in [1.82, 2.24) is 0 Å². The van der Waals surface area contributed by atoms with Gasteiger partial charge >= 0.3 is 17.9 Å². The molecular weight excluding hydrogens is 1020 g/mol. The molecule has 0 N–H and O–H groups in total. The van der Waals surface area contributed by atoms with Crippen molar-refractivity contribution in [2.24, 2.45) is 0 Å². The average Bonchev–Trinajstić information content (AvgIpc) is 3.49. The van der Waals surface area contributed by atoms with Gasteiger partial charge in [0, 0.05) is 19.3 Å². The van der Waals surface area contributed by atoms with Gasteiger partial charge in [0.2, 0.25) is 0 Å². The van der Waals surface area contributed by atoms with Crippen molar-refractivity contribution in [1.29, 1.82) is 0 Å². The van der Waals surface area contributed by atoms with E-state index in [9.17, 15) is 14.4 Å². The van der Waals surface area contributed by atoms with Gasteiger partial charge in [0.05, 0.1) is 0 Å². The predicted molar refractivity (Wildman–Crippen MR) is 363 cm³/mol. The zero-order chi connectivity index (χ0) is 59.9. The first kappa shape index (κ1) is 80.9. The lowest BCUT2D eigenvalue weighted by molar-refractivity contribution is -0.167. The third-order valence-corrected chi connectivity index (χ3v) is 17.5. The third-order valence-electron chi connectivity index (χ3n) is 17.5. The number of esters is 3. The van der Waals surface area contributed by atoms with Crippen LogP contribution >= 0.6 is 0 Å². The van der Waals surface area contributed by atoms with Gasteiger partial charge < -0.3 is 14.2 Å². The zero-order valence-corrected chi connectivity index (χ0v) is 56.5.